The number of fused-ring (bicyclic) bond motifs is 1. The number of aromatic nitrogens is 5. The van der Waals surface area contributed by atoms with Crippen LogP contribution in [0.4, 0.5) is 17.6 Å². The second kappa shape index (κ2) is 10.1. The summed E-state index contributed by atoms with van der Waals surface area (Å²) in [7, 11) is 0. The van der Waals surface area contributed by atoms with Crippen LogP contribution in [-0.2, 0) is 6.42 Å². The van der Waals surface area contributed by atoms with E-state index in [0.29, 0.717) is 30.3 Å². The Morgan fingerprint density at radius 1 is 1.22 bits per heavy atom. The molecule has 4 heterocycles. The predicted octanol–water partition coefficient (Wildman–Crippen LogP) is 1.37. The minimum atomic E-state index is 0.0956. The molecule has 3 aromatic rings. The highest BCUT2D eigenvalue weighted by molar-refractivity contribution is 5.61. The van der Waals surface area contributed by atoms with Crippen LogP contribution < -0.4 is 21.3 Å². The van der Waals surface area contributed by atoms with E-state index >= 15 is 0 Å². The van der Waals surface area contributed by atoms with E-state index in [4.69, 9.17) is 10.7 Å². The highest BCUT2D eigenvalue weighted by Crippen LogP contribution is 2.21. The lowest BCUT2D eigenvalue weighted by atomic mass is 10.1. The maximum atomic E-state index is 9.34. The highest BCUT2D eigenvalue weighted by atomic mass is 16.3. The Morgan fingerprint density at radius 3 is 2.75 bits per heavy atom. The number of nitrogen functional groups attached to an aromatic ring is 1. The number of anilines is 3. The van der Waals surface area contributed by atoms with Crippen molar-refractivity contribution in [3.8, 4) is 0 Å². The molecular formula is C22H33N9O. The quantitative estimate of drug-likeness (QED) is 0.390. The molecule has 5 N–H and O–H groups in total. The topological polar surface area (TPSA) is 130 Å². The Hall–Kier alpha value is -2.98. The third-order valence-electron chi connectivity index (χ3n) is 5.82. The van der Waals surface area contributed by atoms with E-state index in [0.717, 1.165) is 56.1 Å². The standard InChI is InChI=1S/C22H33N9O/c1-3-4-17(5-10-32)27-22-28-19(23)21-26-14-18(31(21)29-22)12-16-11-15(2)20(25-13-16)30-8-6-24-7-9-30/h11,13-14,17,24,32H,3-10,12H2,1-2H3,(H3,23,27,28,29)/t17-/m0/s1. The van der Waals surface area contributed by atoms with Crippen LogP contribution >= 0.6 is 0 Å². The van der Waals surface area contributed by atoms with E-state index in [9.17, 15) is 5.11 Å². The number of aliphatic hydroxyl groups excluding tert-OH is 1. The van der Waals surface area contributed by atoms with Crippen molar-refractivity contribution in [1.29, 1.82) is 0 Å². The van der Waals surface area contributed by atoms with Gasteiger partial charge in [-0.15, -0.1) is 5.10 Å². The van der Waals surface area contributed by atoms with Crippen molar-refractivity contribution in [2.75, 3.05) is 48.7 Å². The molecule has 0 spiro atoms. The summed E-state index contributed by atoms with van der Waals surface area (Å²) in [5.74, 6) is 1.83. The molecular weight excluding hydrogens is 406 g/mol. The SMILES string of the molecule is CCC[C@@H](CCO)Nc1nc(N)c2ncc(Cc3cnc(N4CCNCC4)c(C)c3)n2n1. The molecule has 0 saturated carbocycles. The number of rotatable bonds is 9. The average molecular weight is 440 g/mol. The number of hydrogen-bond acceptors (Lipinski definition) is 9. The molecule has 1 saturated heterocycles. The lowest BCUT2D eigenvalue weighted by molar-refractivity contribution is 0.276. The number of aryl methyl sites for hydroxylation is 1. The van der Waals surface area contributed by atoms with Crippen molar-refractivity contribution in [3.05, 3.63) is 35.3 Å². The number of aliphatic hydroxyl groups is 1. The fraction of sp³-hybridized carbons (Fsp3) is 0.545. The number of nitrogens with zero attached hydrogens (tertiary/aromatic N) is 6. The Morgan fingerprint density at radius 2 is 2.03 bits per heavy atom. The van der Waals surface area contributed by atoms with Gasteiger partial charge in [0.2, 0.25) is 5.95 Å². The van der Waals surface area contributed by atoms with Crippen molar-refractivity contribution >= 4 is 23.2 Å². The van der Waals surface area contributed by atoms with E-state index in [2.05, 4.69) is 50.5 Å². The zero-order valence-corrected chi connectivity index (χ0v) is 18.9. The van der Waals surface area contributed by atoms with Crippen LogP contribution in [0.5, 0.6) is 0 Å². The summed E-state index contributed by atoms with van der Waals surface area (Å²) in [5, 5.41) is 20.7. The molecule has 0 radical (unpaired) electrons. The van der Waals surface area contributed by atoms with Gasteiger partial charge in [-0.1, -0.05) is 19.4 Å². The third-order valence-corrected chi connectivity index (χ3v) is 5.82. The molecule has 0 amide bonds. The molecule has 10 nitrogen and oxygen atoms in total. The summed E-state index contributed by atoms with van der Waals surface area (Å²) >= 11 is 0. The monoisotopic (exact) mass is 439 g/mol. The first-order valence-electron chi connectivity index (χ1n) is 11.4. The number of imidazole rings is 1. The van der Waals surface area contributed by atoms with E-state index in [1.54, 1.807) is 10.7 Å². The molecule has 0 aliphatic carbocycles. The lowest BCUT2D eigenvalue weighted by Crippen LogP contribution is -2.44. The normalized spacial score (nSPS) is 15.3. The number of nitrogens with one attached hydrogen (secondary N) is 2. The molecule has 32 heavy (non-hydrogen) atoms. The van der Waals surface area contributed by atoms with Gasteiger partial charge >= 0.3 is 0 Å². The predicted molar refractivity (Wildman–Crippen MR) is 126 cm³/mol. The summed E-state index contributed by atoms with van der Waals surface area (Å²) in [5.41, 5.74) is 9.89. The van der Waals surface area contributed by atoms with Crippen LogP contribution in [0.25, 0.3) is 5.65 Å². The first-order chi connectivity index (χ1) is 15.6. The maximum absolute atomic E-state index is 9.34. The van der Waals surface area contributed by atoms with Crippen molar-refractivity contribution < 1.29 is 5.11 Å². The molecule has 1 aliphatic heterocycles. The smallest absolute Gasteiger partial charge is 0.243 e. The van der Waals surface area contributed by atoms with Crippen molar-refractivity contribution in [2.45, 2.75) is 45.6 Å². The zero-order chi connectivity index (χ0) is 22.5. The van der Waals surface area contributed by atoms with E-state index in [-0.39, 0.29) is 12.6 Å². The van der Waals surface area contributed by atoms with Crippen molar-refractivity contribution in [2.24, 2.45) is 0 Å². The number of pyridine rings is 1. The maximum Gasteiger partial charge on any atom is 0.243 e. The van der Waals surface area contributed by atoms with E-state index < -0.39 is 0 Å². The van der Waals surface area contributed by atoms with E-state index in [1.807, 2.05) is 6.20 Å². The minimum absolute atomic E-state index is 0.0956. The Kier molecular flexibility index (Phi) is 7.01. The fourth-order valence-electron chi connectivity index (χ4n) is 4.24. The van der Waals surface area contributed by atoms with Gasteiger partial charge in [-0.2, -0.15) is 4.98 Å². The highest BCUT2D eigenvalue weighted by Gasteiger charge is 2.17. The fourth-order valence-corrected chi connectivity index (χ4v) is 4.24. The van der Waals surface area contributed by atoms with Gasteiger partial charge in [0.15, 0.2) is 11.5 Å². The van der Waals surface area contributed by atoms with Gasteiger partial charge < -0.3 is 26.4 Å². The first kappa shape index (κ1) is 22.2. The largest absolute Gasteiger partial charge is 0.396 e. The van der Waals surface area contributed by atoms with Crippen LogP contribution in [0.1, 0.15) is 43.0 Å². The first-order valence-corrected chi connectivity index (χ1v) is 11.4. The van der Waals surface area contributed by atoms with Crippen LogP contribution in [-0.4, -0.2) is 68.5 Å². The molecule has 1 aliphatic rings. The van der Waals surface area contributed by atoms with Crippen LogP contribution in [0.15, 0.2) is 18.5 Å². The van der Waals surface area contributed by atoms with Crippen LogP contribution in [0.2, 0.25) is 0 Å². The van der Waals surface area contributed by atoms with Gasteiger partial charge in [-0.05, 0) is 30.9 Å². The van der Waals surface area contributed by atoms with Gasteiger partial charge in [0.1, 0.15) is 5.82 Å². The summed E-state index contributed by atoms with van der Waals surface area (Å²) in [6.45, 7) is 8.26. The van der Waals surface area contributed by atoms with Crippen LogP contribution in [0, 0.1) is 6.92 Å². The summed E-state index contributed by atoms with van der Waals surface area (Å²) < 4.78 is 1.76. The number of nitrogens with two attached hydrogens (primary N) is 1. The minimum Gasteiger partial charge on any atom is -0.396 e. The summed E-state index contributed by atoms with van der Waals surface area (Å²) in [4.78, 5) is 15.9. The Bertz CT molecular complexity index is 1040. The molecule has 0 aromatic carbocycles. The van der Waals surface area contributed by atoms with Gasteiger partial charge in [0, 0.05) is 51.4 Å². The lowest BCUT2D eigenvalue weighted by Gasteiger charge is -2.29. The molecule has 4 rings (SSSR count). The third kappa shape index (κ3) is 4.91. The number of hydrogen-bond donors (Lipinski definition) is 4. The van der Waals surface area contributed by atoms with Gasteiger partial charge in [-0.25, -0.2) is 14.5 Å². The number of piperazine rings is 1. The van der Waals surface area contributed by atoms with Crippen molar-refractivity contribution in [3.63, 3.8) is 0 Å². The molecule has 172 valence electrons. The molecule has 1 fully saturated rings. The molecule has 1 atom stereocenters. The second-order valence-corrected chi connectivity index (χ2v) is 8.35. The zero-order valence-electron chi connectivity index (χ0n) is 18.9. The summed E-state index contributed by atoms with van der Waals surface area (Å²) in [6, 6.07) is 2.28. The molecule has 0 bridgehead atoms. The molecule has 10 heteroatoms. The second-order valence-electron chi connectivity index (χ2n) is 8.35. The van der Waals surface area contributed by atoms with E-state index in [1.165, 1.54) is 5.56 Å². The summed E-state index contributed by atoms with van der Waals surface area (Å²) in [6.07, 6.45) is 6.93. The van der Waals surface area contributed by atoms with Crippen molar-refractivity contribution in [1.82, 2.24) is 29.9 Å². The Labute approximate surface area is 188 Å². The van der Waals surface area contributed by atoms with Gasteiger partial charge in [0.05, 0.1) is 11.9 Å². The van der Waals surface area contributed by atoms with Crippen LogP contribution in [0.3, 0.4) is 0 Å². The van der Waals surface area contributed by atoms with Gasteiger partial charge in [-0.3, -0.25) is 0 Å². The molecule has 0 unspecified atom stereocenters. The molecule has 3 aromatic heterocycles. The van der Waals surface area contributed by atoms with Gasteiger partial charge in [0.25, 0.3) is 0 Å². The average Bonchev–Trinajstić information content (AvgIpc) is 3.18. The Balaban J connectivity index is 1.56.